The highest BCUT2D eigenvalue weighted by Gasteiger charge is 2.17. The first-order valence-electron chi connectivity index (χ1n) is 6.35. The van der Waals surface area contributed by atoms with Crippen LogP contribution in [0.5, 0.6) is 0 Å². The highest BCUT2D eigenvalue weighted by Crippen LogP contribution is 2.12. The van der Waals surface area contributed by atoms with Crippen molar-refractivity contribution in [1.82, 2.24) is 10.2 Å². The summed E-state index contributed by atoms with van der Waals surface area (Å²) >= 11 is 0. The molecule has 0 radical (unpaired) electrons. The highest BCUT2D eigenvalue weighted by molar-refractivity contribution is 5.85. The van der Waals surface area contributed by atoms with Crippen LogP contribution in [0.15, 0.2) is 30.3 Å². The fraction of sp³-hybridized carbons (Fsp3) is 0.571. The number of nitrogens with zero attached hydrogens (tertiary/aromatic N) is 1. The van der Waals surface area contributed by atoms with E-state index in [1.807, 2.05) is 0 Å². The summed E-state index contributed by atoms with van der Waals surface area (Å²) in [5.74, 6) is 0.851. The third kappa shape index (κ3) is 5.57. The molecule has 2 nitrogen and oxygen atoms in total. The summed E-state index contributed by atoms with van der Waals surface area (Å²) < 4.78 is 0. The summed E-state index contributed by atoms with van der Waals surface area (Å²) in [4.78, 5) is 2.55. The predicted molar refractivity (Wildman–Crippen MR) is 82.9 cm³/mol. The largest absolute Gasteiger partial charge is 0.316 e. The summed E-state index contributed by atoms with van der Waals surface area (Å²) in [5, 5.41) is 3.44. The second-order valence-electron chi connectivity index (χ2n) is 4.67. The number of hydrogen-bond acceptors (Lipinski definition) is 2. The lowest BCUT2D eigenvalue weighted by atomic mass is 10.1. The molecule has 104 valence electrons. The second kappa shape index (κ2) is 9.62. The maximum absolute atomic E-state index is 3.44. The van der Waals surface area contributed by atoms with Gasteiger partial charge in [-0.15, -0.1) is 24.8 Å². The van der Waals surface area contributed by atoms with Gasteiger partial charge in [0.2, 0.25) is 0 Å². The number of nitrogens with one attached hydrogen (secondary N) is 1. The van der Waals surface area contributed by atoms with Crippen molar-refractivity contribution in [1.29, 1.82) is 0 Å². The van der Waals surface area contributed by atoms with Gasteiger partial charge in [0, 0.05) is 13.1 Å². The molecule has 4 heteroatoms. The van der Waals surface area contributed by atoms with E-state index in [4.69, 9.17) is 0 Å². The maximum atomic E-state index is 3.44. The van der Waals surface area contributed by atoms with Gasteiger partial charge in [-0.2, -0.15) is 0 Å². The van der Waals surface area contributed by atoms with Crippen molar-refractivity contribution < 1.29 is 0 Å². The Morgan fingerprint density at radius 1 is 1.22 bits per heavy atom. The van der Waals surface area contributed by atoms with Gasteiger partial charge >= 0.3 is 0 Å². The molecule has 1 N–H and O–H groups in total. The van der Waals surface area contributed by atoms with Crippen LogP contribution in [0.1, 0.15) is 18.9 Å². The molecular formula is C14H24Cl2N2. The highest BCUT2D eigenvalue weighted by atomic mass is 35.5. The minimum absolute atomic E-state index is 0. The molecule has 0 saturated carbocycles. The number of hydrogen-bond donors (Lipinski definition) is 1. The van der Waals surface area contributed by atoms with Gasteiger partial charge in [-0.1, -0.05) is 37.3 Å². The first-order valence-corrected chi connectivity index (χ1v) is 6.35. The Kier molecular flexibility index (Phi) is 9.47. The van der Waals surface area contributed by atoms with Crippen LogP contribution < -0.4 is 5.32 Å². The molecule has 0 aliphatic carbocycles. The molecule has 0 amide bonds. The molecule has 1 aromatic carbocycles. The molecule has 1 saturated heterocycles. The van der Waals surface area contributed by atoms with E-state index in [1.165, 1.54) is 31.6 Å². The number of halogens is 2. The monoisotopic (exact) mass is 290 g/mol. The minimum atomic E-state index is 0. The van der Waals surface area contributed by atoms with E-state index in [-0.39, 0.29) is 24.8 Å². The quantitative estimate of drug-likeness (QED) is 0.897. The van der Waals surface area contributed by atoms with Gasteiger partial charge in [-0.25, -0.2) is 0 Å². The standard InChI is InChI=1S/C14H22N2.2ClH/c1-2-16(12-14-8-9-15-10-14)11-13-6-4-3-5-7-13;;/h3-7,14-15H,2,8-12H2,1H3;2*1H. The van der Waals surface area contributed by atoms with Crippen molar-refractivity contribution in [3.63, 3.8) is 0 Å². The fourth-order valence-electron chi connectivity index (χ4n) is 2.38. The summed E-state index contributed by atoms with van der Waals surface area (Å²) in [6, 6.07) is 10.8. The smallest absolute Gasteiger partial charge is 0.0233 e. The normalized spacial score (nSPS) is 18.2. The molecular weight excluding hydrogens is 267 g/mol. The van der Waals surface area contributed by atoms with Crippen molar-refractivity contribution in [3.05, 3.63) is 35.9 Å². The summed E-state index contributed by atoms with van der Waals surface area (Å²) in [6.45, 7) is 8.13. The Hall–Kier alpha value is -0.280. The first-order chi connectivity index (χ1) is 7.88. The van der Waals surface area contributed by atoms with Crippen LogP contribution in [-0.4, -0.2) is 31.1 Å². The maximum Gasteiger partial charge on any atom is 0.0233 e. The first kappa shape index (κ1) is 17.7. The molecule has 18 heavy (non-hydrogen) atoms. The van der Waals surface area contributed by atoms with Crippen molar-refractivity contribution in [2.45, 2.75) is 19.9 Å². The van der Waals surface area contributed by atoms with Crippen LogP contribution in [0.4, 0.5) is 0 Å². The summed E-state index contributed by atoms with van der Waals surface area (Å²) in [5.41, 5.74) is 1.43. The van der Waals surface area contributed by atoms with Gasteiger partial charge in [-0.3, -0.25) is 4.90 Å². The van der Waals surface area contributed by atoms with Crippen LogP contribution in [0.25, 0.3) is 0 Å². The third-order valence-corrected chi connectivity index (χ3v) is 3.37. The van der Waals surface area contributed by atoms with Gasteiger partial charge in [0.25, 0.3) is 0 Å². The average Bonchev–Trinajstić information content (AvgIpc) is 2.82. The summed E-state index contributed by atoms with van der Waals surface area (Å²) in [7, 11) is 0. The van der Waals surface area contributed by atoms with Crippen molar-refractivity contribution in [2.75, 3.05) is 26.2 Å². The second-order valence-corrected chi connectivity index (χ2v) is 4.67. The zero-order valence-electron chi connectivity index (χ0n) is 11.0. The summed E-state index contributed by atoms with van der Waals surface area (Å²) in [6.07, 6.45) is 1.34. The molecule has 0 spiro atoms. The van der Waals surface area contributed by atoms with Gasteiger partial charge in [0.1, 0.15) is 0 Å². The molecule has 1 fully saturated rings. The predicted octanol–water partition coefficient (Wildman–Crippen LogP) is 2.96. The molecule has 1 atom stereocenters. The SMILES string of the molecule is CCN(Cc1ccccc1)CC1CCNC1.Cl.Cl. The lowest BCUT2D eigenvalue weighted by Crippen LogP contribution is -2.30. The van der Waals surface area contributed by atoms with Gasteiger partial charge in [-0.05, 0) is 37.5 Å². The Labute approximate surface area is 123 Å². The Morgan fingerprint density at radius 2 is 1.94 bits per heavy atom. The lowest BCUT2D eigenvalue weighted by molar-refractivity contribution is 0.240. The Morgan fingerprint density at radius 3 is 2.50 bits per heavy atom. The van der Waals surface area contributed by atoms with Gasteiger partial charge in [0.05, 0.1) is 0 Å². The van der Waals surface area contributed by atoms with E-state index in [2.05, 4.69) is 47.5 Å². The van der Waals surface area contributed by atoms with Gasteiger partial charge < -0.3 is 5.32 Å². The molecule has 0 bridgehead atoms. The van der Waals surface area contributed by atoms with E-state index in [1.54, 1.807) is 0 Å². The molecule has 2 rings (SSSR count). The third-order valence-electron chi connectivity index (χ3n) is 3.37. The number of rotatable bonds is 5. The van der Waals surface area contributed by atoms with Gasteiger partial charge in [0.15, 0.2) is 0 Å². The van der Waals surface area contributed by atoms with Crippen molar-refractivity contribution >= 4 is 24.8 Å². The molecule has 1 aliphatic heterocycles. The van der Waals surface area contributed by atoms with E-state index >= 15 is 0 Å². The lowest BCUT2D eigenvalue weighted by Gasteiger charge is -2.23. The molecule has 1 aliphatic rings. The van der Waals surface area contributed by atoms with E-state index in [9.17, 15) is 0 Å². The van der Waals surface area contributed by atoms with Crippen LogP contribution in [0.2, 0.25) is 0 Å². The minimum Gasteiger partial charge on any atom is -0.316 e. The van der Waals surface area contributed by atoms with Crippen LogP contribution in [0.3, 0.4) is 0 Å². The molecule has 1 heterocycles. The molecule has 0 aromatic heterocycles. The topological polar surface area (TPSA) is 15.3 Å². The van der Waals surface area contributed by atoms with Crippen LogP contribution >= 0.6 is 24.8 Å². The van der Waals surface area contributed by atoms with E-state index in [0.29, 0.717) is 0 Å². The Bertz CT molecular complexity index is 300. The Balaban J connectivity index is 0.00000144. The zero-order chi connectivity index (χ0) is 11.2. The molecule has 1 aromatic rings. The number of benzene rings is 1. The fourth-order valence-corrected chi connectivity index (χ4v) is 2.38. The van der Waals surface area contributed by atoms with Crippen LogP contribution in [-0.2, 0) is 6.54 Å². The van der Waals surface area contributed by atoms with E-state index < -0.39 is 0 Å². The molecule has 1 unspecified atom stereocenters. The van der Waals surface area contributed by atoms with Crippen molar-refractivity contribution in [3.8, 4) is 0 Å². The van der Waals surface area contributed by atoms with E-state index in [0.717, 1.165) is 19.0 Å². The zero-order valence-corrected chi connectivity index (χ0v) is 12.6. The van der Waals surface area contributed by atoms with Crippen LogP contribution in [0, 0.1) is 5.92 Å². The van der Waals surface area contributed by atoms with Crippen molar-refractivity contribution in [2.24, 2.45) is 5.92 Å². The average molecular weight is 291 g/mol.